The molecule has 1 N–H and O–H groups in total. The van der Waals surface area contributed by atoms with E-state index in [-0.39, 0.29) is 18.0 Å². The predicted octanol–water partition coefficient (Wildman–Crippen LogP) is -0.411. The van der Waals surface area contributed by atoms with Crippen LogP contribution in [-0.2, 0) is 11.3 Å². The Balaban J connectivity index is 2.07. The van der Waals surface area contributed by atoms with Crippen molar-refractivity contribution in [2.45, 2.75) is 13.5 Å². The van der Waals surface area contributed by atoms with Crippen LogP contribution in [0.2, 0.25) is 0 Å². The SMILES string of the molecule is Cc1ccc(=O)n(CC(=O)N2CCNCC2)c1. The number of nitrogens with one attached hydrogen (secondary N) is 1. The summed E-state index contributed by atoms with van der Waals surface area (Å²) in [5, 5.41) is 3.19. The lowest BCUT2D eigenvalue weighted by Crippen LogP contribution is -2.48. The third kappa shape index (κ3) is 2.94. The minimum absolute atomic E-state index is 0.0131. The largest absolute Gasteiger partial charge is 0.339 e. The topological polar surface area (TPSA) is 54.3 Å². The van der Waals surface area contributed by atoms with Gasteiger partial charge in [-0.25, -0.2) is 0 Å². The third-order valence-electron chi connectivity index (χ3n) is 2.91. The number of amides is 1. The number of aryl methyl sites for hydroxylation is 1. The number of piperazine rings is 1. The van der Waals surface area contributed by atoms with E-state index in [0.29, 0.717) is 0 Å². The number of hydrogen-bond acceptors (Lipinski definition) is 3. The Hall–Kier alpha value is -1.62. The van der Waals surface area contributed by atoms with Gasteiger partial charge >= 0.3 is 0 Å². The predicted molar refractivity (Wildman–Crippen MR) is 64.9 cm³/mol. The van der Waals surface area contributed by atoms with E-state index in [1.54, 1.807) is 17.2 Å². The average Bonchev–Trinajstić information content (AvgIpc) is 2.35. The van der Waals surface area contributed by atoms with Crippen molar-refractivity contribution in [1.82, 2.24) is 14.8 Å². The van der Waals surface area contributed by atoms with Gasteiger partial charge in [0.15, 0.2) is 0 Å². The molecule has 2 heterocycles. The molecule has 0 bridgehead atoms. The van der Waals surface area contributed by atoms with Crippen LogP contribution in [0.3, 0.4) is 0 Å². The van der Waals surface area contributed by atoms with Crippen molar-refractivity contribution in [2.75, 3.05) is 26.2 Å². The number of hydrogen-bond donors (Lipinski definition) is 1. The molecular formula is C12H17N3O2. The number of aromatic nitrogens is 1. The summed E-state index contributed by atoms with van der Waals surface area (Å²) < 4.78 is 1.47. The second kappa shape index (κ2) is 5.14. The van der Waals surface area contributed by atoms with E-state index in [1.165, 1.54) is 10.6 Å². The molecule has 0 aliphatic carbocycles. The van der Waals surface area contributed by atoms with Crippen LogP contribution < -0.4 is 10.9 Å². The lowest BCUT2D eigenvalue weighted by molar-refractivity contribution is -0.132. The molecule has 92 valence electrons. The molecule has 1 aliphatic rings. The standard InChI is InChI=1S/C12H17N3O2/c1-10-2-3-11(16)15(8-10)9-12(17)14-6-4-13-5-7-14/h2-3,8,13H,4-7,9H2,1H3. The highest BCUT2D eigenvalue weighted by Crippen LogP contribution is 1.97. The van der Waals surface area contributed by atoms with Gasteiger partial charge in [-0.2, -0.15) is 0 Å². The first-order valence-electron chi connectivity index (χ1n) is 5.82. The number of pyridine rings is 1. The Labute approximate surface area is 100 Å². The molecule has 2 rings (SSSR count). The zero-order valence-electron chi connectivity index (χ0n) is 9.98. The zero-order valence-corrected chi connectivity index (χ0v) is 9.98. The molecule has 1 saturated heterocycles. The van der Waals surface area contributed by atoms with Crippen LogP contribution in [0.25, 0.3) is 0 Å². The van der Waals surface area contributed by atoms with Gasteiger partial charge < -0.3 is 14.8 Å². The van der Waals surface area contributed by atoms with Crippen molar-refractivity contribution in [3.63, 3.8) is 0 Å². The summed E-state index contributed by atoms with van der Waals surface area (Å²) in [5.41, 5.74) is 0.858. The molecule has 0 aromatic carbocycles. The van der Waals surface area contributed by atoms with Gasteiger partial charge in [0.25, 0.3) is 5.56 Å². The first-order valence-corrected chi connectivity index (χ1v) is 5.82. The molecule has 0 radical (unpaired) electrons. The summed E-state index contributed by atoms with van der Waals surface area (Å²) in [6, 6.07) is 3.26. The average molecular weight is 235 g/mol. The molecule has 5 heteroatoms. The van der Waals surface area contributed by atoms with Crippen LogP contribution >= 0.6 is 0 Å². The zero-order chi connectivity index (χ0) is 12.3. The maximum absolute atomic E-state index is 12.0. The van der Waals surface area contributed by atoms with E-state index < -0.39 is 0 Å². The van der Waals surface area contributed by atoms with Crippen LogP contribution in [0.5, 0.6) is 0 Å². The molecule has 1 fully saturated rings. The van der Waals surface area contributed by atoms with Crippen LogP contribution in [0.1, 0.15) is 5.56 Å². The maximum Gasteiger partial charge on any atom is 0.251 e. The van der Waals surface area contributed by atoms with Gasteiger partial charge in [0.2, 0.25) is 5.91 Å². The molecule has 1 aliphatic heterocycles. The smallest absolute Gasteiger partial charge is 0.251 e. The second-order valence-electron chi connectivity index (χ2n) is 4.30. The molecule has 0 spiro atoms. The van der Waals surface area contributed by atoms with Gasteiger partial charge in [-0.15, -0.1) is 0 Å². The summed E-state index contributed by atoms with van der Waals surface area (Å²) >= 11 is 0. The molecule has 1 amide bonds. The monoisotopic (exact) mass is 235 g/mol. The highest BCUT2D eigenvalue weighted by atomic mass is 16.2. The molecule has 0 saturated carbocycles. The summed E-state index contributed by atoms with van der Waals surface area (Å²) in [6.45, 7) is 5.15. The number of carbonyl (C=O) groups is 1. The van der Waals surface area contributed by atoms with E-state index in [4.69, 9.17) is 0 Å². The Morgan fingerprint density at radius 3 is 2.76 bits per heavy atom. The molecule has 1 aromatic rings. The Morgan fingerprint density at radius 2 is 2.06 bits per heavy atom. The molecule has 17 heavy (non-hydrogen) atoms. The summed E-state index contributed by atoms with van der Waals surface area (Å²) in [7, 11) is 0. The quantitative estimate of drug-likeness (QED) is 0.758. The van der Waals surface area contributed by atoms with E-state index in [0.717, 1.165) is 31.7 Å². The van der Waals surface area contributed by atoms with Crippen molar-refractivity contribution in [3.05, 3.63) is 34.2 Å². The molecule has 5 nitrogen and oxygen atoms in total. The number of carbonyl (C=O) groups excluding carboxylic acids is 1. The van der Waals surface area contributed by atoms with E-state index in [9.17, 15) is 9.59 Å². The molecule has 1 aromatic heterocycles. The fourth-order valence-corrected chi connectivity index (χ4v) is 1.93. The Bertz CT molecular complexity index is 461. The van der Waals surface area contributed by atoms with Crippen molar-refractivity contribution in [3.8, 4) is 0 Å². The normalized spacial score (nSPS) is 15.9. The van der Waals surface area contributed by atoms with Crippen molar-refractivity contribution in [1.29, 1.82) is 0 Å². The van der Waals surface area contributed by atoms with Crippen LogP contribution in [0.4, 0.5) is 0 Å². The summed E-state index contributed by atoms with van der Waals surface area (Å²) in [5.74, 6) is 0.0131. The lowest BCUT2D eigenvalue weighted by Gasteiger charge is -2.27. The minimum atomic E-state index is -0.126. The highest BCUT2D eigenvalue weighted by molar-refractivity contribution is 5.76. The van der Waals surface area contributed by atoms with Gasteiger partial charge in [0.05, 0.1) is 0 Å². The molecule has 0 atom stereocenters. The number of nitrogens with zero attached hydrogens (tertiary/aromatic N) is 2. The highest BCUT2D eigenvalue weighted by Gasteiger charge is 2.16. The molecular weight excluding hydrogens is 218 g/mol. The third-order valence-corrected chi connectivity index (χ3v) is 2.91. The van der Waals surface area contributed by atoms with E-state index in [2.05, 4.69) is 5.32 Å². The van der Waals surface area contributed by atoms with E-state index >= 15 is 0 Å². The summed E-state index contributed by atoms with van der Waals surface area (Å²) in [4.78, 5) is 25.3. The minimum Gasteiger partial charge on any atom is -0.339 e. The van der Waals surface area contributed by atoms with Crippen molar-refractivity contribution >= 4 is 5.91 Å². The Morgan fingerprint density at radius 1 is 1.35 bits per heavy atom. The van der Waals surface area contributed by atoms with Crippen molar-refractivity contribution in [2.24, 2.45) is 0 Å². The first-order chi connectivity index (χ1) is 8.16. The van der Waals surface area contributed by atoms with Gasteiger partial charge in [-0.3, -0.25) is 9.59 Å². The lowest BCUT2D eigenvalue weighted by atomic mass is 10.3. The van der Waals surface area contributed by atoms with Gasteiger partial charge in [0, 0.05) is 38.4 Å². The summed E-state index contributed by atoms with van der Waals surface area (Å²) in [6.07, 6.45) is 1.72. The maximum atomic E-state index is 12.0. The van der Waals surface area contributed by atoms with Crippen LogP contribution in [-0.4, -0.2) is 41.6 Å². The van der Waals surface area contributed by atoms with Gasteiger partial charge in [0.1, 0.15) is 6.54 Å². The second-order valence-corrected chi connectivity index (χ2v) is 4.30. The van der Waals surface area contributed by atoms with Gasteiger partial charge in [-0.05, 0) is 12.5 Å². The van der Waals surface area contributed by atoms with Gasteiger partial charge in [-0.1, -0.05) is 6.07 Å². The fraction of sp³-hybridized carbons (Fsp3) is 0.500. The fourth-order valence-electron chi connectivity index (χ4n) is 1.93. The first kappa shape index (κ1) is 11.9. The van der Waals surface area contributed by atoms with Crippen LogP contribution in [0.15, 0.2) is 23.1 Å². The van der Waals surface area contributed by atoms with Crippen LogP contribution in [0, 0.1) is 6.92 Å². The van der Waals surface area contributed by atoms with Crippen molar-refractivity contribution < 1.29 is 4.79 Å². The van der Waals surface area contributed by atoms with E-state index in [1.807, 2.05) is 6.92 Å². The number of rotatable bonds is 2. The molecule has 0 unspecified atom stereocenters. The Kier molecular flexibility index (Phi) is 3.58.